The van der Waals surface area contributed by atoms with Gasteiger partial charge in [0.1, 0.15) is 5.60 Å². The number of carboxylic acids is 1. The zero-order valence-electron chi connectivity index (χ0n) is 13.0. The van der Waals surface area contributed by atoms with Gasteiger partial charge in [0.25, 0.3) is 0 Å². The van der Waals surface area contributed by atoms with Crippen molar-refractivity contribution < 1.29 is 19.4 Å². The van der Waals surface area contributed by atoms with Crippen LogP contribution in [0.2, 0.25) is 0 Å². The summed E-state index contributed by atoms with van der Waals surface area (Å²) in [5.74, 6) is -0.845. The van der Waals surface area contributed by atoms with Crippen LogP contribution >= 0.6 is 0 Å². The smallest absolute Gasteiger partial charge is 0.407 e. The first-order valence-corrected chi connectivity index (χ1v) is 6.95. The highest BCUT2D eigenvalue weighted by Gasteiger charge is 2.17. The van der Waals surface area contributed by atoms with Crippen LogP contribution in [-0.4, -0.2) is 28.8 Å². The molecule has 116 valence electrons. The highest BCUT2D eigenvalue weighted by molar-refractivity contribution is 5.70. The van der Waals surface area contributed by atoms with Gasteiger partial charge >= 0.3 is 12.1 Å². The zero-order chi connectivity index (χ0) is 16.0. The van der Waals surface area contributed by atoms with Crippen LogP contribution in [0.25, 0.3) is 0 Å². The van der Waals surface area contributed by atoms with Crippen LogP contribution in [0, 0.1) is 0 Å². The van der Waals surface area contributed by atoms with E-state index in [2.05, 4.69) is 5.32 Å². The molecule has 0 radical (unpaired) electrons. The molecule has 1 atom stereocenters. The lowest BCUT2D eigenvalue weighted by Crippen LogP contribution is -2.38. The molecular weight excluding hydrogens is 270 g/mol. The average molecular weight is 293 g/mol. The molecule has 0 aliphatic rings. The van der Waals surface area contributed by atoms with Gasteiger partial charge in [0, 0.05) is 6.04 Å². The molecule has 0 aliphatic heterocycles. The van der Waals surface area contributed by atoms with Crippen molar-refractivity contribution in [3.8, 4) is 0 Å². The summed E-state index contributed by atoms with van der Waals surface area (Å²) in [5, 5.41) is 11.5. The van der Waals surface area contributed by atoms with E-state index in [1.807, 2.05) is 39.8 Å². The van der Waals surface area contributed by atoms with Crippen molar-refractivity contribution >= 4 is 12.1 Å². The summed E-state index contributed by atoms with van der Waals surface area (Å²) >= 11 is 0. The van der Waals surface area contributed by atoms with Crippen molar-refractivity contribution in [2.45, 2.75) is 52.2 Å². The third kappa shape index (κ3) is 7.34. The third-order valence-corrected chi connectivity index (χ3v) is 2.68. The van der Waals surface area contributed by atoms with Crippen LogP contribution in [0.3, 0.4) is 0 Å². The van der Waals surface area contributed by atoms with Crippen LogP contribution in [-0.2, 0) is 22.4 Å². The molecule has 21 heavy (non-hydrogen) atoms. The number of rotatable bonds is 5. The zero-order valence-corrected chi connectivity index (χ0v) is 13.0. The Labute approximate surface area is 125 Å². The molecule has 1 amide bonds. The van der Waals surface area contributed by atoms with Crippen molar-refractivity contribution in [3.63, 3.8) is 0 Å². The van der Waals surface area contributed by atoms with Crippen LogP contribution in [0.4, 0.5) is 4.79 Å². The van der Waals surface area contributed by atoms with Gasteiger partial charge in [-0.15, -0.1) is 0 Å². The van der Waals surface area contributed by atoms with Crippen LogP contribution < -0.4 is 5.32 Å². The standard InChI is InChI=1S/C16H23NO4/c1-11(17-15(20)21-16(2,3)4)9-12-5-7-13(8-6-12)10-14(18)19/h5-8,11H,9-10H2,1-4H3,(H,17,20)(H,18,19)/t11-/m1/s1. The second-order valence-electron chi connectivity index (χ2n) is 6.14. The van der Waals surface area contributed by atoms with E-state index < -0.39 is 17.7 Å². The SMILES string of the molecule is C[C@H](Cc1ccc(CC(=O)O)cc1)NC(=O)OC(C)(C)C. The highest BCUT2D eigenvalue weighted by Crippen LogP contribution is 2.10. The Morgan fingerprint density at radius 3 is 2.19 bits per heavy atom. The van der Waals surface area contributed by atoms with Gasteiger partial charge in [0.05, 0.1) is 6.42 Å². The lowest BCUT2D eigenvalue weighted by atomic mass is 10.0. The first kappa shape index (κ1) is 17.0. The van der Waals surface area contributed by atoms with Crippen molar-refractivity contribution in [2.24, 2.45) is 0 Å². The van der Waals surface area contributed by atoms with Gasteiger partial charge in [-0.3, -0.25) is 4.79 Å². The van der Waals surface area contributed by atoms with E-state index in [1.165, 1.54) is 0 Å². The Kier molecular flexibility index (Phi) is 5.76. The normalized spacial score (nSPS) is 12.6. The third-order valence-electron chi connectivity index (χ3n) is 2.68. The molecule has 0 unspecified atom stereocenters. The second-order valence-corrected chi connectivity index (χ2v) is 6.14. The van der Waals surface area contributed by atoms with E-state index in [9.17, 15) is 9.59 Å². The van der Waals surface area contributed by atoms with Crippen molar-refractivity contribution in [2.75, 3.05) is 0 Å². The molecule has 1 aromatic rings. The van der Waals surface area contributed by atoms with Gasteiger partial charge in [0.15, 0.2) is 0 Å². The molecule has 1 aromatic carbocycles. The molecular formula is C16H23NO4. The number of benzene rings is 1. The van der Waals surface area contributed by atoms with E-state index in [0.717, 1.165) is 11.1 Å². The first-order chi connectivity index (χ1) is 9.65. The van der Waals surface area contributed by atoms with Crippen molar-refractivity contribution in [3.05, 3.63) is 35.4 Å². The maximum atomic E-state index is 11.6. The minimum atomic E-state index is -0.845. The number of carboxylic acid groups (broad SMARTS) is 1. The number of hydrogen-bond acceptors (Lipinski definition) is 3. The van der Waals surface area contributed by atoms with Crippen LogP contribution in [0.5, 0.6) is 0 Å². The lowest BCUT2D eigenvalue weighted by molar-refractivity contribution is -0.136. The molecule has 0 saturated heterocycles. The number of alkyl carbamates (subject to hydrolysis) is 1. The summed E-state index contributed by atoms with van der Waals surface area (Å²) in [6, 6.07) is 7.29. The van der Waals surface area contributed by atoms with Crippen LogP contribution in [0.15, 0.2) is 24.3 Å². The summed E-state index contributed by atoms with van der Waals surface area (Å²) in [7, 11) is 0. The van der Waals surface area contributed by atoms with Gasteiger partial charge in [0.2, 0.25) is 0 Å². The predicted octanol–water partition coefficient (Wildman–Crippen LogP) is 2.77. The molecule has 0 bridgehead atoms. The molecule has 0 saturated carbocycles. The van der Waals surface area contributed by atoms with E-state index in [0.29, 0.717) is 6.42 Å². The molecule has 0 fully saturated rings. The molecule has 2 N–H and O–H groups in total. The van der Waals surface area contributed by atoms with E-state index in [4.69, 9.17) is 9.84 Å². The number of nitrogens with one attached hydrogen (secondary N) is 1. The molecule has 0 spiro atoms. The van der Waals surface area contributed by atoms with Gasteiger partial charge in [-0.25, -0.2) is 4.79 Å². The van der Waals surface area contributed by atoms with Crippen molar-refractivity contribution in [1.82, 2.24) is 5.32 Å². The Hall–Kier alpha value is -2.04. The fourth-order valence-electron chi connectivity index (χ4n) is 1.88. The number of carbonyl (C=O) groups excluding carboxylic acids is 1. The maximum Gasteiger partial charge on any atom is 0.407 e. The Balaban J connectivity index is 2.49. The Morgan fingerprint density at radius 1 is 1.19 bits per heavy atom. The van der Waals surface area contributed by atoms with Gasteiger partial charge in [-0.2, -0.15) is 0 Å². The monoisotopic (exact) mass is 293 g/mol. The first-order valence-electron chi connectivity index (χ1n) is 6.95. The summed E-state index contributed by atoms with van der Waals surface area (Å²) in [6.45, 7) is 7.35. The minimum Gasteiger partial charge on any atom is -0.481 e. The van der Waals surface area contributed by atoms with E-state index in [-0.39, 0.29) is 12.5 Å². The summed E-state index contributed by atoms with van der Waals surface area (Å²) in [6.07, 6.45) is 0.246. The van der Waals surface area contributed by atoms with Gasteiger partial charge in [-0.05, 0) is 45.2 Å². The summed E-state index contributed by atoms with van der Waals surface area (Å²) in [5.41, 5.74) is 1.29. The minimum absolute atomic E-state index is 0.0198. The molecule has 0 aromatic heterocycles. The highest BCUT2D eigenvalue weighted by atomic mass is 16.6. The molecule has 5 heteroatoms. The average Bonchev–Trinajstić information content (AvgIpc) is 2.28. The Morgan fingerprint density at radius 2 is 1.71 bits per heavy atom. The summed E-state index contributed by atoms with van der Waals surface area (Å²) < 4.78 is 5.19. The van der Waals surface area contributed by atoms with Crippen molar-refractivity contribution in [1.29, 1.82) is 0 Å². The number of ether oxygens (including phenoxy) is 1. The number of carbonyl (C=O) groups is 2. The second kappa shape index (κ2) is 7.11. The predicted molar refractivity (Wildman–Crippen MR) is 80.3 cm³/mol. The van der Waals surface area contributed by atoms with E-state index >= 15 is 0 Å². The van der Waals surface area contributed by atoms with E-state index in [1.54, 1.807) is 12.1 Å². The number of amides is 1. The number of hydrogen-bond donors (Lipinski definition) is 2. The maximum absolute atomic E-state index is 11.6. The van der Waals surface area contributed by atoms with Gasteiger partial charge in [-0.1, -0.05) is 24.3 Å². The fraction of sp³-hybridized carbons (Fsp3) is 0.500. The molecule has 0 aliphatic carbocycles. The fourth-order valence-corrected chi connectivity index (χ4v) is 1.88. The largest absolute Gasteiger partial charge is 0.481 e. The van der Waals surface area contributed by atoms with Gasteiger partial charge < -0.3 is 15.2 Å². The number of aliphatic carboxylic acids is 1. The lowest BCUT2D eigenvalue weighted by Gasteiger charge is -2.22. The van der Waals surface area contributed by atoms with Crippen LogP contribution in [0.1, 0.15) is 38.8 Å². The topological polar surface area (TPSA) is 75.6 Å². The summed E-state index contributed by atoms with van der Waals surface area (Å²) in [4.78, 5) is 22.2. The molecule has 1 rings (SSSR count). The molecule has 5 nitrogen and oxygen atoms in total. The quantitative estimate of drug-likeness (QED) is 0.875. The molecule has 0 heterocycles. The Bertz CT molecular complexity index is 488.